The molecule has 2 aromatic rings. The van der Waals surface area contributed by atoms with Gasteiger partial charge in [-0.25, -0.2) is 0 Å². The SMILES string of the molecule is COc1nc(CNC(=O)/C=C/c2ccc3c(c2)OCO3)nc(N2CCOCC2)n1. The molecule has 2 aliphatic rings. The Morgan fingerprint density at radius 1 is 1.21 bits per heavy atom. The van der Waals surface area contributed by atoms with Crippen LogP contribution in [0.1, 0.15) is 11.4 Å². The van der Waals surface area contributed by atoms with E-state index in [0.29, 0.717) is 49.6 Å². The number of nitrogens with zero attached hydrogens (tertiary/aromatic N) is 4. The van der Waals surface area contributed by atoms with Crippen molar-refractivity contribution in [1.82, 2.24) is 20.3 Å². The van der Waals surface area contributed by atoms with Crippen LogP contribution in [-0.2, 0) is 16.1 Å². The molecule has 29 heavy (non-hydrogen) atoms. The normalized spacial score (nSPS) is 15.6. The van der Waals surface area contributed by atoms with Gasteiger partial charge < -0.3 is 29.2 Å². The van der Waals surface area contributed by atoms with Gasteiger partial charge in [-0.2, -0.15) is 15.0 Å². The lowest BCUT2D eigenvalue weighted by Crippen LogP contribution is -2.37. The maximum Gasteiger partial charge on any atom is 0.321 e. The van der Waals surface area contributed by atoms with Crippen LogP contribution in [-0.4, -0.2) is 61.1 Å². The third-order valence-corrected chi connectivity index (χ3v) is 4.37. The third-order valence-electron chi connectivity index (χ3n) is 4.37. The molecule has 1 amide bonds. The molecule has 0 spiro atoms. The topological polar surface area (TPSA) is 108 Å². The molecule has 0 aliphatic carbocycles. The van der Waals surface area contributed by atoms with Gasteiger partial charge >= 0.3 is 6.01 Å². The molecule has 1 fully saturated rings. The van der Waals surface area contributed by atoms with E-state index in [4.69, 9.17) is 18.9 Å². The molecule has 0 unspecified atom stereocenters. The molecule has 1 aromatic heterocycles. The molecular weight excluding hydrogens is 378 g/mol. The summed E-state index contributed by atoms with van der Waals surface area (Å²) < 4.78 is 21.1. The highest BCUT2D eigenvalue weighted by molar-refractivity contribution is 5.91. The van der Waals surface area contributed by atoms with Crippen molar-refractivity contribution in [3.05, 3.63) is 35.7 Å². The molecule has 4 rings (SSSR count). The molecule has 3 heterocycles. The van der Waals surface area contributed by atoms with Crippen LogP contribution in [0, 0.1) is 0 Å². The minimum Gasteiger partial charge on any atom is -0.467 e. The average Bonchev–Trinajstić information content (AvgIpc) is 3.24. The molecule has 0 bridgehead atoms. The van der Waals surface area contributed by atoms with E-state index in [1.165, 1.54) is 13.2 Å². The van der Waals surface area contributed by atoms with Crippen molar-refractivity contribution in [3.63, 3.8) is 0 Å². The number of carbonyl (C=O) groups is 1. The number of amides is 1. The molecular formula is C19H21N5O5. The summed E-state index contributed by atoms with van der Waals surface area (Å²) in [5, 5.41) is 2.77. The molecule has 10 nitrogen and oxygen atoms in total. The van der Waals surface area contributed by atoms with Gasteiger partial charge in [0, 0.05) is 19.2 Å². The smallest absolute Gasteiger partial charge is 0.321 e. The van der Waals surface area contributed by atoms with E-state index in [0.717, 1.165) is 5.56 Å². The van der Waals surface area contributed by atoms with Crippen LogP contribution >= 0.6 is 0 Å². The van der Waals surface area contributed by atoms with Crippen LogP contribution in [0.2, 0.25) is 0 Å². The fourth-order valence-corrected chi connectivity index (χ4v) is 2.88. The number of aromatic nitrogens is 3. The lowest BCUT2D eigenvalue weighted by atomic mass is 10.2. The lowest BCUT2D eigenvalue weighted by Gasteiger charge is -2.26. The van der Waals surface area contributed by atoms with Crippen molar-refractivity contribution in [2.24, 2.45) is 0 Å². The lowest BCUT2D eigenvalue weighted by molar-refractivity contribution is -0.116. The number of benzene rings is 1. The van der Waals surface area contributed by atoms with E-state index in [1.54, 1.807) is 6.08 Å². The number of morpholine rings is 1. The van der Waals surface area contributed by atoms with Gasteiger partial charge in [-0.15, -0.1) is 0 Å². The van der Waals surface area contributed by atoms with E-state index < -0.39 is 0 Å². The van der Waals surface area contributed by atoms with Crippen molar-refractivity contribution in [1.29, 1.82) is 0 Å². The van der Waals surface area contributed by atoms with Crippen molar-refractivity contribution in [2.75, 3.05) is 45.1 Å². The summed E-state index contributed by atoms with van der Waals surface area (Å²) in [5.41, 5.74) is 0.834. The van der Waals surface area contributed by atoms with E-state index in [1.807, 2.05) is 23.1 Å². The van der Waals surface area contributed by atoms with Crippen LogP contribution < -0.4 is 24.4 Å². The maximum atomic E-state index is 12.2. The highest BCUT2D eigenvalue weighted by atomic mass is 16.7. The molecule has 1 aromatic carbocycles. The largest absolute Gasteiger partial charge is 0.467 e. The Kier molecular flexibility index (Phi) is 5.71. The zero-order chi connectivity index (χ0) is 20.1. The summed E-state index contributed by atoms with van der Waals surface area (Å²) in [4.78, 5) is 27.1. The fourth-order valence-electron chi connectivity index (χ4n) is 2.88. The summed E-state index contributed by atoms with van der Waals surface area (Å²) in [5.74, 6) is 2.03. The van der Waals surface area contributed by atoms with Crippen molar-refractivity contribution >= 4 is 17.9 Å². The van der Waals surface area contributed by atoms with Crippen molar-refractivity contribution in [2.45, 2.75) is 6.54 Å². The summed E-state index contributed by atoms with van der Waals surface area (Å²) in [6, 6.07) is 5.69. The summed E-state index contributed by atoms with van der Waals surface area (Å²) in [7, 11) is 1.49. The minimum atomic E-state index is -0.269. The van der Waals surface area contributed by atoms with Gasteiger partial charge in [-0.05, 0) is 23.8 Å². The maximum absolute atomic E-state index is 12.2. The Morgan fingerprint density at radius 3 is 2.86 bits per heavy atom. The standard InChI is InChI=1S/C19H21N5O5/c1-26-19-22-16(21-18(23-19)24-6-8-27-9-7-24)11-20-17(25)5-3-13-2-4-14-15(10-13)29-12-28-14/h2-5,10H,6-9,11-12H2,1H3,(H,20,25)/b5-3+. The fraction of sp³-hybridized carbons (Fsp3) is 0.368. The number of nitrogens with one attached hydrogen (secondary N) is 1. The van der Waals surface area contributed by atoms with Gasteiger partial charge in [0.15, 0.2) is 17.3 Å². The number of methoxy groups -OCH3 is 1. The molecule has 0 atom stereocenters. The van der Waals surface area contributed by atoms with Crippen LogP contribution in [0.25, 0.3) is 6.08 Å². The van der Waals surface area contributed by atoms with Gasteiger partial charge in [0.05, 0.1) is 26.9 Å². The number of hydrogen-bond acceptors (Lipinski definition) is 9. The molecule has 2 aliphatic heterocycles. The number of anilines is 1. The second-order valence-electron chi connectivity index (χ2n) is 6.30. The Morgan fingerprint density at radius 2 is 2.03 bits per heavy atom. The van der Waals surface area contributed by atoms with E-state index in [9.17, 15) is 4.79 Å². The monoisotopic (exact) mass is 399 g/mol. The Labute approximate surface area is 167 Å². The number of rotatable bonds is 6. The number of carbonyl (C=O) groups excluding carboxylic acids is 1. The van der Waals surface area contributed by atoms with Gasteiger partial charge in [-0.1, -0.05) is 6.07 Å². The second kappa shape index (κ2) is 8.74. The molecule has 152 valence electrons. The average molecular weight is 399 g/mol. The number of ether oxygens (including phenoxy) is 4. The second-order valence-corrected chi connectivity index (χ2v) is 6.30. The third kappa shape index (κ3) is 4.72. The van der Waals surface area contributed by atoms with Crippen LogP contribution in [0.15, 0.2) is 24.3 Å². The van der Waals surface area contributed by atoms with Gasteiger partial charge in [0.25, 0.3) is 0 Å². The molecule has 1 saturated heterocycles. The Bertz CT molecular complexity index is 914. The van der Waals surface area contributed by atoms with E-state index >= 15 is 0 Å². The van der Waals surface area contributed by atoms with Crippen LogP contribution in [0.3, 0.4) is 0 Å². The zero-order valence-corrected chi connectivity index (χ0v) is 16.0. The molecule has 1 N–H and O–H groups in total. The van der Waals surface area contributed by atoms with Crippen LogP contribution in [0.5, 0.6) is 17.5 Å². The van der Waals surface area contributed by atoms with Crippen molar-refractivity contribution < 1.29 is 23.7 Å². The highest BCUT2D eigenvalue weighted by Crippen LogP contribution is 2.32. The summed E-state index contributed by atoms with van der Waals surface area (Å²) in [6.45, 7) is 2.98. The first-order valence-electron chi connectivity index (χ1n) is 9.18. The quantitative estimate of drug-likeness (QED) is 0.705. The number of fused-ring (bicyclic) bond motifs is 1. The van der Waals surface area contributed by atoms with Crippen molar-refractivity contribution in [3.8, 4) is 17.5 Å². The van der Waals surface area contributed by atoms with Crippen LogP contribution in [0.4, 0.5) is 5.95 Å². The Balaban J connectivity index is 1.38. The predicted molar refractivity (Wildman–Crippen MR) is 103 cm³/mol. The molecule has 0 saturated carbocycles. The minimum absolute atomic E-state index is 0.153. The summed E-state index contributed by atoms with van der Waals surface area (Å²) >= 11 is 0. The van der Waals surface area contributed by atoms with Gasteiger partial charge in [0.2, 0.25) is 18.6 Å². The van der Waals surface area contributed by atoms with E-state index in [-0.39, 0.29) is 25.3 Å². The predicted octanol–water partition coefficient (Wildman–Crippen LogP) is 0.775. The summed E-state index contributed by atoms with van der Waals surface area (Å²) in [6.07, 6.45) is 3.14. The first-order chi connectivity index (χ1) is 14.2. The van der Waals surface area contributed by atoms with E-state index in [2.05, 4.69) is 20.3 Å². The Hall–Kier alpha value is -3.40. The highest BCUT2D eigenvalue weighted by Gasteiger charge is 2.17. The van der Waals surface area contributed by atoms with Gasteiger partial charge in [0.1, 0.15) is 0 Å². The van der Waals surface area contributed by atoms with Gasteiger partial charge in [-0.3, -0.25) is 4.79 Å². The first kappa shape index (κ1) is 18.9. The molecule has 0 radical (unpaired) electrons. The molecule has 10 heteroatoms. The zero-order valence-electron chi connectivity index (χ0n) is 16.0. The first-order valence-corrected chi connectivity index (χ1v) is 9.18. The number of hydrogen-bond donors (Lipinski definition) is 1.